The van der Waals surface area contributed by atoms with E-state index in [1.165, 1.54) is 0 Å². The van der Waals surface area contributed by atoms with E-state index >= 15 is 0 Å². The molecule has 1 fully saturated rings. The van der Waals surface area contributed by atoms with Crippen molar-refractivity contribution in [2.45, 2.75) is 31.2 Å². The lowest BCUT2D eigenvalue weighted by Crippen LogP contribution is -2.57. The molecular formula is C12H14BrF2N. The van der Waals surface area contributed by atoms with E-state index in [0.717, 1.165) is 4.47 Å². The fraction of sp³-hybridized carbons (Fsp3) is 0.500. The minimum absolute atomic E-state index is 0.0526. The largest absolute Gasteiger partial charge is 0.303 e. The molecule has 1 heterocycles. The summed E-state index contributed by atoms with van der Waals surface area (Å²) in [6.07, 6.45) is 0.472. The summed E-state index contributed by atoms with van der Waals surface area (Å²) in [5.74, 6) is -2.70. The summed E-state index contributed by atoms with van der Waals surface area (Å²) >= 11 is 3.32. The summed E-state index contributed by atoms with van der Waals surface area (Å²) in [7, 11) is 0. The molecule has 0 aliphatic carbocycles. The van der Waals surface area contributed by atoms with Gasteiger partial charge >= 0.3 is 0 Å². The van der Waals surface area contributed by atoms with Crippen molar-refractivity contribution in [3.63, 3.8) is 0 Å². The third-order valence-electron chi connectivity index (χ3n) is 3.28. The first-order valence-corrected chi connectivity index (χ1v) is 6.14. The number of rotatable bonds is 1. The van der Waals surface area contributed by atoms with E-state index in [9.17, 15) is 8.78 Å². The Morgan fingerprint density at radius 1 is 1.38 bits per heavy atom. The van der Waals surface area contributed by atoms with Crippen molar-refractivity contribution in [3.8, 4) is 0 Å². The Labute approximate surface area is 102 Å². The standard InChI is InChI=1S/C12H14BrF2N/c1-11(9-4-2-5-10(13)8-9)12(14,15)6-3-7-16-11/h2,4-5,8,16H,3,6-7H2,1H3. The van der Waals surface area contributed by atoms with Crippen LogP contribution in [0.5, 0.6) is 0 Å². The van der Waals surface area contributed by atoms with Crippen LogP contribution in [0.4, 0.5) is 8.78 Å². The lowest BCUT2D eigenvalue weighted by atomic mass is 9.80. The molecule has 1 atom stereocenters. The molecule has 2 rings (SSSR count). The molecule has 1 aliphatic heterocycles. The smallest absolute Gasteiger partial charge is 0.269 e. The number of alkyl halides is 2. The van der Waals surface area contributed by atoms with E-state index in [2.05, 4.69) is 21.2 Å². The van der Waals surface area contributed by atoms with E-state index in [4.69, 9.17) is 0 Å². The summed E-state index contributed by atoms with van der Waals surface area (Å²) in [6.45, 7) is 2.21. The van der Waals surface area contributed by atoms with Crippen molar-refractivity contribution in [3.05, 3.63) is 34.3 Å². The molecular weight excluding hydrogens is 276 g/mol. The molecule has 0 radical (unpaired) electrons. The highest BCUT2D eigenvalue weighted by molar-refractivity contribution is 9.10. The minimum Gasteiger partial charge on any atom is -0.303 e. The highest BCUT2D eigenvalue weighted by Gasteiger charge is 2.52. The average molecular weight is 290 g/mol. The predicted molar refractivity (Wildman–Crippen MR) is 63.7 cm³/mol. The van der Waals surface area contributed by atoms with Gasteiger partial charge in [-0.1, -0.05) is 28.1 Å². The Morgan fingerprint density at radius 2 is 2.12 bits per heavy atom. The van der Waals surface area contributed by atoms with Crippen molar-refractivity contribution < 1.29 is 8.78 Å². The van der Waals surface area contributed by atoms with Gasteiger partial charge in [-0.2, -0.15) is 0 Å². The Kier molecular flexibility index (Phi) is 3.05. The number of piperidine rings is 1. The van der Waals surface area contributed by atoms with Gasteiger partial charge in [-0.25, -0.2) is 8.78 Å². The van der Waals surface area contributed by atoms with Gasteiger partial charge in [0.1, 0.15) is 5.54 Å². The summed E-state index contributed by atoms with van der Waals surface area (Å²) < 4.78 is 28.8. The summed E-state index contributed by atoms with van der Waals surface area (Å²) in [5, 5.41) is 2.96. The Hall–Kier alpha value is -0.480. The van der Waals surface area contributed by atoms with Crippen LogP contribution in [0, 0.1) is 0 Å². The van der Waals surface area contributed by atoms with Crippen molar-refractivity contribution in [1.82, 2.24) is 5.32 Å². The summed E-state index contributed by atoms with van der Waals surface area (Å²) in [5.41, 5.74) is -0.624. The number of halogens is 3. The maximum atomic E-state index is 14.0. The molecule has 1 aromatic carbocycles. The van der Waals surface area contributed by atoms with Crippen LogP contribution in [0.25, 0.3) is 0 Å². The molecule has 0 spiro atoms. The van der Waals surface area contributed by atoms with Gasteiger partial charge in [0.05, 0.1) is 0 Å². The molecule has 1 aromatic rings. The van der Waals surface area contributed by atoms with E-state index in [0.29, 0.717) is 18.5 Å². The van der Waals surface area contributed by atoms with Crippen LogP contribution < -0.4 is 5.32 Å². The van der Waals surface area contributed by atoms with Gasteiger partial charge in [-0.15, -0.1) is 0 Å². The van der Waals surface area contributed by atoms with Gasteiger partial charge in [0.15, 0.2) is 0 Å². The zero-order valence-corrected chi connectivity index (χ0v) is 10.7. The number of hydrogen-bond donors (Lipinski definition) is 1. The number of hydrogen-bond acceptors (Lipinski definition) is 1. The lowest BCUT2D eigenvalue weighted by molar-refractivity contribution is -0.110. The van der Waals surface area contributed by atoms with Gasteiger partial charge in [0, 0.05) is 10.9 Å². The van der Waals surface area contributed by atoms with E-state index in [1.54, 1.807) is 25.1 Å². The molecule has 0 amide bonds. The topological polar surface area (TPSA) is 12.0 Å². The lowest BCUT2D eigenvalue weighted by Gasteiger charge is -2.42. The molecule has 1 nitrogen and oxygen atoms in total. The molecule has 0 saturated carbocycles. The molecule has 1 saturated heterocycles. The summed E-state index contributed by atoms with van der Waals surface area (Å²) in [4.78, 5) is 0. The highest BCUT2D eigenvalue weighted by Crippen LogP contribution is 2.43. The Balaban J connectivity index is 2.43. The zero-order valence-electron chi connectivity index (χ0n) is 9.06. The number of benzene rings is 1. The second-order valence-electron chi connectivity index (χ2n) is 4.37. The molecule has 16 heavy (non-hydrogen) atoms. The Bertz CT molecular complexity index is 394. The van der Waals surface area contributed by atoms with E-state index in [1.807, 2.05) is 6.07 Å². The first kappa shape index (κ1) is 12.0. The molecule has 1 aliphatic rings. The molecule has 4 heteroatoms. The van der Waals surface area contributed by atoms with Gasteiger partial charge in [-0.05, 0) is 37.6 Å². The van der Waals surface area contributed by atoms with Crippen molar-refractivity contribution in [1.29, 1.82) is 0 Å². The minimum atomic E-state index is -2.70. The zero-order chi connectivity index (χ0) is 11.8. The van der Waals surface area contributed by atoms with Crippen LogP contribution in [0.3, 0.4) is 0 Å². The third-order valence-corrected chi connectivity index (χ3v) is 3.77. The predicted octanol–water partition coefficient (Wildman–Crippen LogP) is 3.68. The van der Waals surface area contributed by atoms with Gasteiger partial charge in [0.2, 0.25) is 0 Å². The first-order chi connectivity index (χ1) is 7.46. The highest BCUT2D eigenvalue weighted by atomic mass is 79.9. The van der Waals surface area contributed by atoms with Crippen LogP contribution in [-0.2, 0) is 5.54 Å². The quantitative estimate of drug-likeness (QED) is 0.832. The van der Waals surface area contributed by atoms with Crippen LogP contribution in [0.2, 0.25) is 0 Å². The Morgan fingerprint density at radius 3 is 2.75 bits per heavy atom. The normalized spacial score (nSPS) is 29.0. The van der Waals surface area contributed by atoms with Crippen LogP contribution in [0.1, 0.15) is 25.3 Å². The van der Waals surface area contributed by atoms with E-state index < -0.39 is 11.5 Å². The van der Waals surface area contributed by atoms with Crippen molar-refractivity contribution in [2.75, 3.05) is 6.54 Å². The SMILES string of the molecule is CC1(c2cccc(Br)c2)NCCCC1(F)F. The maximum absolute atomic E-state index is 14.0. The fourth-order valence-electron chi connectivity index (χ4n) is 2.14. The molecule has 1 unspecified atom stereocenters. The number of nitrogens with one attached hydrogen (secondary N) is 1. The van der Waals surface area contributed by atoms with Crippen molar-refractivity contribution >= 4 is 15.9 Å². The summed E-state index contributed by atoms with van der Waals surface area (Å²) in [6, 6.07) is 7.13. The third kappa shape index (κ3) is 1.89. The second-order valence-corrected chi connectivity index (χ2v) is 5.29. The molecule has 1 N–H and O–H groups in total. The van der Waals surface area contributed by atoms with Gasteiger partial charge in [0.25, 0.3) is 5.92 Å². The fourth-order valence-corrected chi connectivity index (χ4v) is 2.54. The average Bonchev–Trinajstić information content (AvgIpc) is 2.22. The molecule has 0 aromatic heterocycles. The van der Waals surface area contributed by atoms with Gasteiger partial charge in [-0.3, -0.25) is 0 Å². The first-order valence-electron chi connectivity index (χ1n) is 5.35. The van der Waals surface area contributed by atoms with Crippen LogP contribution in [-0.4, -0.2) is 12.5 Å². The van der Waals surface area contributed by atoms with E-state index in [-0.39, 0.29) is 6.42 Å². The van der Waals surface area contributed by atoms with Crippen LogP contribution >= 0.6 is 15.9 Å². The molecule has 0 bridgehead atoms. The van der Waals surface area contributed by atoms with Crippen LogP contribution in [0.15, 0.2) is 28.7 Å². The maximum Gasteiger partial charge on any atom is 0.269 e. The van der Waals surface area contributed by atoms with Gasteiger partial charge < -0.3 is 5.32 Å². The monoisotopic (exact) mass is 289 g/mol. The molecule has 88 valence electrons. The second kappa shape index (κ2) is 4.08. The van der Waals surface area contributed by atoms with Crippen molar-refractivity contribution in [2.24, 2.45) is 0 Å².